The minimum absolute atomic E-state index is 0.224. The van der Waals surface area contributed by atoms with Crippen LogP contribution in [0.2, 0.25) is 0 Å². The maximum Gasteiger partial charge on any atom is 0.334 e. The molecule has 3 rings (SSSR count). The Morgan fingerprint density at radius 2 is 1.81 bits per heavy atom. The van der Waals surface area contributed by atoms with Gasteiger partial charge in [-0.15, -0.1) is 0 Å². The Kier molecular flexibility index (Phi) is 6.58. The molecular weight excluding hydrogens is 326 g/mol. The summed E-state index contributed by atoms with van der Waals surface area (Å²) in [5.74, 6) is -0.224. The molecular formula is C22H25NO3. The first kappa shape index (κ1) is 18.4. The number of ether oxygens (including phenoxy) is 2. The monoisotopic (exact) mass is 351 g/mol. The smallest absolute Gasteiger partial charge is 0.334 e. The molecule has 2 aromatic carbocycles. The minimum Gasteiger partial charge on any atom is -0.463 e. The number of carbonyl (C=O) groups excluding carboxylic acids is 1. The van der Waals surface area contributed by atoms with Crippen LogP contribution >= 0.6 is 0 Å². The van der Waals surface area contributed by atoms with Gasteiger partial charge in [0.25, 0.3) is 0 Å². The third-order valence-electron chi connectivity index (χ3n) is 4.42. The Labute approximate surface area is 154 Å². The molecule has 1 aliphatic heterocycles. The van der Waals surface area contributed by atoms with Gasteiger partial charge in [0.1, 0.15) is 0 Å². The van der Waals surface area contributed by atoms with Gasteiger partial charge < -0.3 is 14.8 Å². The fourth-order valence-electron chi connectivity index (χ4n) is 2.94. The van der Waals surface area contributed by atoms with Gasteiger partial charge in [-0.05, 0) is 30.0 Å². The van der Waals surface area contributed by atoms with Crippen LogP contribution in [0.4, 0.5) is 0 Å². The highest BCUT2D eigenvalue weighted by atomic mass is 16.5. The van der Waals surface area contributed by atoms with E-state index in [0.717, 1.165) is 12.0 Å². The molecule has 1 unspecified atom stereocenters. The van der Waals surface area contributed by atoms with Gasteiger partial charge in [0.2, 0.25) is 0 Å². The highest BCUT2D eigenvalue weighted by Gasteiger charge is 2.18. The van der Waals surface area contributed by atoms with Crippen molar-refractivity contribution in [3.63, 3.8) is 0 Å². The van der Waals surface area contributed by atoms with Gasteiger partial charge in [0.05, 0.1) is 19.8 Å². The lowest BCUT2D eigenvalue weighted by molar-refractivity contribution is -0.138. The first-order valence-corrected chi connectivity index (χ1v) is 9.08. The summed E-state index contributed by atoms with van der Waals surface area (Å²) in [4.78, 5) is 11.7. The van der Waals surface area contributed by atoms with E-state index in [1.807, 2.05) is 31.2 Å². The van der Waals surface area contributed by atoms with Crippen LogP contribution in [0.3, 0.4) is 0 Å². The molecule has 0 aromatic heterocycles. The molecule has 0 radical (unpaired) electrons. The Balaban J connectivity index is 1.44. The highest BCUT2D eigenvalue weighted by Crippen LogP contribution is 2.19. The zero-order chi connectivity index (χ0) is 18.2. The third-order valence-corrected chi connectivity index (χ3v) is 4.42. The fraction of sp³-hybridized carbons (Fsp3) is 0.318. The zero-order valence-electron chi connectivity index (χ0n) is 15.1. The largest absolute Gasteiger partial charge is 0.463 e. The van der Waals surface area contributed by atoms with Gasteiger partial charge in [-0.3, -0.25) is 0 Å². The molecule has 0 spiro atoms. The predicted octanol–water partition coefficient (Wildman–Crippen LogP) is 3.72. The van der Waals surface area contributed by atoms with E-state index in [-0.39, 0.29) is 12.0 Å². The molecule has 0 bridgehead atoms. The van der Waals surface area contributed by atoms with Crippen molar-refractivity contribution < 1.29 is 14.3 Å². The molecule has 0 saturated heterocycles. The third kappa shape index (κ3) is 5.04. The lowest BCUT2D eigenvalue weighted by atomic mass is 10.0. The molecule has 136 valence electrons. The number of benzene rings is 2. The molecule has 1 atom stereocenters. The second-order valence-corrected chi connectivity index (χ2v) is 6.34. The van der Waals surface area contributed by atoms with E-state index in [1.54, 1.807) is 0 Å². The fourth-order valence-corrected chi connectivity index (χ4v) is 2.94. The van der Waals surface area contributed by atoms with E-state index in [2.05, 4.69) is 41.7 Å². The molecule has 0 saturated carbocycles. The van der Waals surface area contributed by atoms with Crippen LogP contribution in [-0.2, 0) is 20.9 Å². The maximum absolute atomic E-state index is 11.7. The summed E-state index contributed by atoms with van der Waals surface area (Å²) in [6.07, 6.45) is 2.73. The molecule has 4 heteroatoms. The van der Waals surface area contributed by atoms with Crippen LogP contribution in [-0.4, -0.2) is 31.8 Å². The van der Waals surface area contributed by atoms with Crippen molar-refractivity contribution in [1.29, 1.82) is 0 Å². The van der Waals surface area contributed by atoms with Gasteiger partial charge in [-0.25, -0.2) is 4.79 Å². The van der Waals surface area contributed by atoms with E-state index < -0.39 is 0 Å². The van der Waals surface area contributed by atoms with Crippen LogP contribution in [0.1, 0.15) is 18.9 Å². The van der Waals surface area contributed by atoms with E-state index >= 15 is 0 Å². The molecule has 1 aliphatic rings. The molecule has 4 nitrogen and oxygen atoms in total. The summed E-state index contributed by atoms with van der Waals surface area (Å²) < 4.78 is 10.9. The summed E-state index contributed by atoms with van der Waals surface area (Å²) in [6.45, 7) is 3.97. The molecule has 0 fully saturated rings. The number of nitrogens with one attached hydrogen (secondary N) is 1. The topological polar surface area (TPSA) is 47.6 Å². The van der Waals surface area contributed by atoms with Crippen molar-refractivity contribution in [2.24, 2.45) is 0 Å². The van der Waals surface area contributed by atoms with Gasteiger partial charge in [-0.2, -0.15) is 0 Å². The molecule has 0 aliphatic carbocycles. The summed E-state index contributed by atoms with van der Waals surface area (Å²) in [5, 5.41) is 3.33. The first-order chi connectivity index (χ1) is 12.8. The van der Waals surface area contributed by atoms with Crippen LogP contribution < -0.4 is 5.32 Å². The molecule has 2 aromatic rings. The summed E-state index contributed by atoms with van der Waals surface area (Å²) in [7, 11) is 0. The maximum atomic E-state index is 11.7. The van der Waals surface area contributed by atoms with E-state index in [0.29, 0.717) is 31.9 Å². The normalized spacial score (nSPS) is 16.8. The minimum atomic E-state index is -0.224. The Hall–Kier alpha value is -2.43. The summed E-state index contributed by atoms with van der Waals surface area (Å²) in [6, 6.07) is 19.0. The van der Waals surface area contributed by atoms with Gasteiger partial charge in [-0.1, -0.05) is 60.7 Å². The quantitative estimate of drug-likeness (QED) is 0.773. The van der Waals surface area contributed by atoms with Gasteiger partial charge in [0.15, 0.2) is 0 Å². The molecule has 1 heterocycles. The predicted molar refractivity (Wildman–Crippen MR) is 103 cm³/mol. The zero-order valence-corrected chi connectivity index (χ0v) is 15.1. The Morgan fingerprint density at radius 3 is 2.46 bits per heavy atom. The van der Waals surface area contributed by atoms with Crippen LogP contribution in [0.5, 0.6) is 0 Å². The Bertz CT molecular complexity index is 738. The summed E-state index contributed by atoms with van der Waals surface area (Å²) >= 11 is 0. The highest BCUT2D eigenvalue weighted by molar-refractivity contribution is 5.89. The number of rotatable bonds is 7. The second-order valence-electron chi connectivity index (χ2n) is 6.34. The molecule has 26 heavy (non-hydrogen) atoms. The number of hydrogen-bond acceptors (Lipinski definition) is 4. The average molecular weight is 351 g/mol. The average Bonchev–Trinajstić information content (AvgIpc) is 2.70. The van der Waals surface area contributed by atoms with Crippen molar-refractivity contribution in [2.75, 3.05) is 19.8 Å². The lowest BCUT2D eigenvalue weighted by Crippen LogP contribution is -2.39. The first-order valence-electron chi connectivity index (χ1n) is 9.08. The lowest BCUT2D eigenvalue weighted by Gasteiger charge is -2.22. The molecule has 0 amide bonds. The van der Waals surface area contributed by atoms with Crippen molar-refractivity contribution in [2.45, 2.75) is 26.0 Å². The van der Waals surface area contributed by atoms with Crippen LogP contribution in [0.15, 0.2) is 66.2 Å². The number of esters is 1. The van der Waals surface area contributed by atoms with Crippen LogP contribution in [0, 0.1) is 0 Å². The number of hydrogen-bond donors (Lipinski definition) is 1. The van der Waals surface area contributed by atoms with Gasteiger partial charge >= 0.3 is 5.97 Å². The number of carbonyl (C=O) groups is 1. The SMILES string of the molecule is CCOC(=O)C1=CCC(COCc2ccc(-c3ccccc3)cc2)NC1. The summed E-state index contributed by atoms with van der Waals surface area (Å²) in [5.41, 5.74) is 4.29. The second kappa shape index (κ2) is 9.32. The van der Waals surface area contributed by atoms with Crippen molar-refractivity contribution >= 4 is 5.97 Å². The standard InChI is InChI=1S/C22H25NO3/c1-2-26-22(24)20-12-13-21(23-14-20)16-25-15-17-8-10-19(11-9-17)18-6-4-3-5-7-18/h3-12,21,23H,2,13-16H2,1H3. The Morgan fingerprint density at radius 1 is 1.08 bits per heavy atom. The van der Waals surface area contributed by atoms with E-state index in [1.165, 1.54) is 11.1 Å². The van der Waals surface area contributed by atoms with E-state index in [9.17, 15) is 4.79 Å². The van der Waals surface area contributed by atoms with Crippen molar-refractivity contribution in [3.8, 4) is 11.1 Å². The van der Waals surface area contributed by atoms with Gasteiger partial charge in [0, 0.05) is 18.2 Å². The van der Waals surface area contributed by atoms with Crippen molar-refractivity contribution in [1.82, 2.24) is 5.32 Å². The molecule has 1 N–H and O–H groups in total. The van der Waals surface area contributed by atoms with Crippen LogP contribution in [0.25, 0.3) is 11.1 Å². The van der Waals surface area contributed by atoms with Crippen molar-refractivity contribution in [3.05, 3.63) is 71.8 Å². The van der Waals surface area contributed by atoms with E-state index in [4.69, 9.17) is 9.47 Å².